The van der Waals surface area contributed by atoms with Crippen LogP contribution in [0.4, 0.5) is 4.39 Å². The summed E-state index contributed by atoms with van der Waals surface area (Å²) in [6.45, 7) is 5.15. The van der Waals surface area contributed by atoms with Crippen molar-refractivity contribution in [3.63, 3.8) is 0 Å². The Labute approximate surface area is 204 Å². The lowest BCUT2D eigenvalue weighted by Gasteiger charge is -2.28. The lowest BCUT2D eigenvalue weighted by atomic mass is 10.1. The summed E-state index contributed by atoms with van der Waals surface area (Å²) in [6, 6.07) is 17.5. The molecule has 0 fully saturated rings. The average Bonchev–Trinajstić information content (AvgIpc) is 3.52. The molecule has 182 valence electrons. The van der Waals surface area contributed by atoms with E-state index in [-0.39, 0.29) is 35.9 Å². The van der Waals surface area contributed by atoms with Gasteiger partial charge >= 0.3 is 0 Å². The quantitative estimate of drug-likeness (QED) is 0.340. The topological polar surface area (TPSA) is 69.6 Å². The van der Waals surface area contributed by atoms with Crippen molar-refractivity contribution in [1.29, 1.82) is 0 Å². The van der Waals surface area contributed by atoms with Gasteiger partial charge in [0.25, 0.3) is 5.91 Å². The molecule has 0 aliphatic carbocycles. The molecule has 0 aliphatic rings. The van der Waals surface area contributed by atoms with Crippen molar-refractivity contribution in [2.45, 2.75) is 26.8 Å². The first-order chi connectivity index (χ1) is 16.9. The number of H-pyrrole nitrogens is 1. The number of hydrogen-bond acceptors (Lipinski definition) is 3. The maximum absolute atomic E-state index is 13.5. The Kier molecular flexibility index (Phi) is 7.65. The molecule has 1 N–H and O–H groups in total. The number of para-hydroxylation sites is 1. The molecule has 35 heavy (non-hydrogen) atoms. The van der Waals surface area contributed by atoms with E-state index in [1.165, 1.54) is 23.3 Å². The minimum absolute atomic E-state index is 0.0627. The van der Waals surface area contributed by atoms with Gasteiger partial charge < -0.3 is 19.2 Å². The van der Waals surface area contributed by atoms with E-state index in [4.69, 9.17) is 4.42 Å². The van der Waals surface area contributed by atoms with E-state index in [9.17, 15) is 14.0 Å². The first-order valence-corrected chi connectivity index (χ1v) is 11.8. The second-order valence-corrected chi connectivity index (χ2v) is 9.11. The van der Waals surface area contributed by atoms with Gasteiger partial charge in [0.05, 0.1) is 6.26 Å². The van der Waals surface area contributed by atoms with Crippen LogP contribution in [0.3, 0.4) is 0 Å². The van der Waals surface area contributed by atoms with Gasteiger partial charge in [0.2, 0.25) is 5.91 Å². The van der Waals surface area contributed by atoms with E-state index < -0.39 is 0 Å². The highest BCUT2D eigenvalue weighted by molar-refractivity contribution is 5.94. The number of furan rings is 1. The maximum Gasteiger partial charge on any atom is 0.290 e. The van der Waals surface area contributed by atoms with Gasteiger partial charge in [0.15, 0.2) is 5.76 Å². The van der Waals surface area contributed by atoms with Crippen LogP contribution in [-0.4, -0.2) is 46.2 Å². The van der Waals surface area contributed by atoms with Crippen molar-refractivity contribution >= 4 is 22.7 Å². The van der Waals surface area contributed by atoms with E-state index in [1.54, 1.807) is 29.2 Å². The molecule has 0 aliphatic heterocycles. The zero-order valence-corrected chi connectivity index (χ0v) is 20.0. The number of rotatable bonds is 10. The summed E-state index contributed by atoms with van der Waals surface area (Å²) in [5, 5.41) is 1.12. The number of benzene rings is 2. The molecule has 0 unspecified atom stereocenters. The van der Waals surface area contributed by atoms with Crippen LogP contribution in [-0.2, 0) is 17.8 Å². The summed E-state index contributed by atoms with van der Waals surface area (Å²) in [7, 11) is 0. The van der Waals surface area contributed by atoms with Gasteiger partial charge in [-0.25, -0.2) is 4.39 Å². The molecule has 6 nitrogen and oxygen atoms in total. The summed E-state index contributed by atoms with van der Waals surface area (Å²) >= 11 is 0. The normalized spacial score (nSPS) is 11.2. The lowest BCUT2D eigenvalue weighted by Crippen LogP contribution is -2.44. The summed E-state index contributed by atoms with van der Waals surface area (Å²) in [5.41, 5.74) is 2.99. The van der Waals surface area contributed by atoms with Gasteiger partial charge in [-0.3, -0.25) is 9.59 Å². The summed E-state index contributed by atoms with van der Waals surface area (Å²) in [5.74, 6) is -0.413. The van der Waals surface area contributed by atoms with Crippen molar-refractivity contribution < 1.29 is 18.4 Å². The highest BCUT2D eigenvalue weighted by atomic mass is 19.1. The number of fused-ring (bicyclic) bond motifs is 1. The molecule has 7 heteroatoms. The zero-order chi connectivity index (χ0) is 24.8. The fourth-order valence-corrected chi connectivity index (χ4v) is 4.18. The monoisotopic (exact) mass is 475 g/mol. The summed E-state index contributed by atoms with van der Waals surface area (Å²) in [6.07, 6.45) is 4.06. The van der Waals surface area contributed by atoms with E-state index in [2.05, 4.69) is 11.1 Å². The predicted molar refractivity (Wildman–Crippen MR) is 133 cm³/mol. The molecule has 2 heterocycles. The van der Waals surface area contributed by atoms with Crippen LogP contribution < -0.4 is 0 Å². The standard InChI is InChI=1S/C28H30FN3O3/c1-20(2)17-32(28(34)26-8-5-15-35-26)19-27(33)31(18-21-9-11-23(29)12-10-21)14-13-22-16-30-25-7-4-3-6-24(22)25/h3-12,15-16,20,30H,13-14,17-19H2,1-2H3. The lowest BCUT2D eigenvalue weighted by molar-refractivity contribution is -0.132. The fourth-order valence-electron chi connectivity index (χ4n) is 4.18. The van der Waals surface area contributed by atoms with Crippen LogP contribution in [0.2, 0.25) is 0 Å². The Balaban J connectivity index is 1.53. The van der Waals surface area contributed by atoms with Crippen molar-refractivity contribution in [3.05, 3.63) is 95.8 Å². The molecule has 0 spiro atoms. The number of nitrogens with zero attached hydrogens (tertiary/aromatic N) is 2. The molecule has 4 rings (SSSR count). The third-order valence-corrected chi connectivity index (χ3v) is 5.90. The molecule has 0 bridgehead atoms. The van der Waals surface area contributed by atoms with Crippen LogP contribution >= 0.6 is 0 Å². The molecule has 2 aromatic carbocycles. The number of carbonyl (C=O) groups excluding carboxylic acids is 2. The minimum Gasteiger partial charge on any atom is -0.459 e. The summed E-state index contributed by atoms with van der Waals surface area (Å²) in [4.78, 5) is 33.1. The van der Waals surface area contributed by atoms with Crippen LogP contribution in [0.15, 0.2) is 77.5 Å². The molecule has 2 amide bonds. The maximum atomic E-state index is 13.5. The first-order valence-electron chi connectivity index (χ1n) is 11.8. The van der Waals surface area contributed by atoms with Gasteiger partial charge in [-0.05, 0) is 53.8 Å². The highest BCUT2D eigenvalue weighted by Crippen LogP contribution is 2.19. The summed E-state index contributed by atoms with van der Waals surface area (Å²) < 4.78 is 18.7. The van der Waals surface area contributed by atoms with Crippen molar-refractivity contribution in [2.24, 2.45) is 5.92 Å². The van der Waals surface area contributed by atoms with E-state index >= 15 is 0 Å². The molecule has 0 atom stereocenters. The predicted octanol–water partition coefficient (Wildman–Crippen LogP) is 5.27. The van der Waals surface area contributed by atoms with Gasteiger partial charge in [-0.15, -0.1) is 0 Å². The second kappa shape index (κ2) is 11.0. The van der Waals surface area contributed by atoms with Crippen molar-refractivity contribution in [2.75, 3.05) is 19.6 Å². The van der Waals surface area contributed by atoms with E-state index in [0.717, 1.165) is 22.0 Å². The Hall–Kier alpha value is -3.87. The van der Waals surface area contributed by atoms with Crippen LogP contribution in [0.1, 0.15) is 35.5 Å². The van der Waals surface area contributed by atoms with Crippen LogP contribution in [0.5, 0.6) is 0 Å². The number of hydrogen-bond donors (Lipinski definition) is 1. The fraction of sp³-hybridized carbons (Fsp3) is 0.286. The molecular formula is C28H30FN3O3. The van der Waals surface area contributed by atoms with Gasteiger partial charge in [0.1, 0.15) is 12.4 Å². The number of amides is 2. The number of aromatic amines is 1. The smallest absolute Gasteiger partial charge is 0.290 e. The highest BCUT2D eigenvalue weighted by Gasteiger charge is 2.25. The Morgan fingerprint density at radius 2 is 1.77 bits per heavy atom. The van der Waals surface area contributed by atoms with E-state index in [1.807, 2.05) is 38.2 Å². The minimum atomic E-state index is -0.322. The number of aromatic nitrogens is 1. The molecular weight excluding hydrogens is 445 g/mol. The largest absolute Gasteiger partial charge is 0.459 e. The average molecular weight is 476 g/mol. The zero-order valence-electron chi connectivity index (χ0n) is 20.0. The van der Waals surface area contributed by atoms with Gasteiger partial charge in [0, 0.05) is 36.7 Å². The van der Waals surface area contributed by atoms with Crippen molar-refractivity contribution in [1.82, 2.24) is 14.8 Å². The molecule has 4 aromatic rings. The molecule has 2 aromatic heterocycles. The third-order valence-electron chi connectivity index (χ3n) is 5.90. The second-order valence-electron chi connectivity index (χ2n) is 9.11. The number of halogens is 1. The van der Waals surface area contributed by atoms with Gasteiger partial charge in [-0.2, -0.15) is 0 Å². The molecule has 0 radical (unpaired) electrons. The number of nitrogens with one attached hydrogen (secondary N) is 1. The Morgan fingerprint density at radius 1 is 1.00 bits per heavy atom. The SMILES string of the molecule is CC(C)CN(CC(=O)N(CCc1c[nH]c2ccccc12)Cc1ccc(F)cc1)C(=O)c1ccco1. The Bertz CT molecular complexity index is 1260. The molecule has 0 saturated heterocycles. The first kappa shape index (κ1) is 24.3. The van der Waals surface area contributed by atoms with Crippen LogP contribution in [0, 0.1) is 11.7 Å². The number of carbonyl (C=O) groups is 2. The van der Waals surface area contributed by atoms with Gasteiger partial charge in [-0.1, -0.05) is 44.2 Å². The van der Waals surface area contributed by atoms with Crippen LogP contribution in [0.25, 0.3) is 10.9 Å². The Morgan fingerprint density at radius 3 is 2.49 bits per heavy atom. The third kappa shape index (κ3) is 6.18. The van der Waals surface area contributed by atoms with E-state index in [0.29, 0.717) is 26.1 Å². The molecule has 0 saturated carbocycles. The van der Waals surface area contributed by atoms with Crippen molar-refractivity contribution in [3.8, 4) is 0 Å².